The van der Waals surface area contributed by atoms with E-state index in [4.69, 9.17) is 9.67 Å². The lowest BCUT2D eigenvalue weighted by molar-refractivity contribution is -0.137. The van der Waals surface area contributed by atoms with Crippen molar-refractivity contribution >= 4 is 11.0 Å². The van der Waals surface area contributed by atoms with Crippen LogP contribution in [0.5, 0.6) is 5.75 Å². The monoisotopic (exact) mass is 257 g/mol. The zero-order chi connectivity index (χ0) is 12.8. The Kier molecular flexibility index (Phi) is 2.40. The number of benzene rings is 1. The maximum atomic E-state index is 8.79. The first-order valence-corrected chi connectivity index (χ1v) is 6.61. The van der Waals surface area contributed by atoms with Crippen molar-refractivity contribution < 1.29 is 14.6 Å². The topological polar surface area (TPSA) is 45.8 Å². The fourth-order valence-electron chi connectivity index (χ4n) is 3.17. The van der Waals surface area contributed by atoms with Gasteiger partial charge in [0.15, 0.2) is 5.75 Å². The van der Waals surface area contributed by atoms with Gasteiger partial charge < -0.3 is 9.30 Å². The van der Waals surface area contributed by atoms with Crippen molar-refractivity contribution in [1.82, 2.24) is 4.90 Å². The van der Waals surface area contributed by atoms with Crippen molar-refractivity contribution in [2.75, 3.05) is 19.6 Å². The van der Waals surface area contributed by atoms with E-state index in [1.54, 1.807) is 6.07 Å². The summed E-state index contributed by atoms with van der Waals surface area (Å²) < 4.78 is 6.04. The van der Waals surface area contributed by atoms with Crippen molar-refractivity contribution in [2.45, 2.75) is 12.3 Å². The Morgan fingerprint density at radius 2 is 2.32 bits per heavy atom. The summed E-state index contributed by atoms with van der Waals surface area (Å²) in [7, 11) is 0. The fourth-order valence-corrected chi connectivity index (χ4v) is 3.17. The lowest BCUT2D eigenvalue weighted by atomic mass is 9.99. The Morgan fingerprint density at radius 3 is 3.21 bits per heavy atom. The van der Waals surface area contributed by atoms with Crippen LogP contribution in [-0.2, 0) is 6.42 Å². The molecule has 1 aromatic heterocycles. The first-order chi connectivity index (χ1) is 9.35. The van der Waals surface area contributed by atoms with Gasteiger partial charge in [0.1, 0.15) is 11.3 Å². The van der Waals surface area contributed by atoms with Crippen LogP contribution in [0.3, 0.4) is 0 Å². The van der Waals surface area contributed by atoms with Gasteiger partial charge in [-0.3, -0.25) is 4.90 Å². The van der Waals surface area contributed by atoms with Gasteiger partial charge in [0, 0.05) is 36.5 Å². The van der Waals surface area contributed by atoms with Crippen LogP contribution in [0.15, 0.2) is 34.8 Å². The highest BCUT2D eigenvalue weighted by Gasteiger charge is 2.28. The van der Waals surface area contributed by atoms with Gasteiger partial charge in [0.05, 0.1) is 0 Å². The van der Waals surface area contributed by atoms with Gasteiger partial charge in [-0.25, -0.2) is 5.26 Å². The summed E-state index contributed by atoms with van der Waals surface area (Å²) in [6.07, 6.45) is 5.45. The second-order valence-corrected chi connectivity index (χ2v) is 5.24. The van der Waals surface area contributed by atoms with Gasteiger partial charge in [-0.1, -0.05) is 12.2 Å². The van der Waals surface area contributed by atoms with E-state index in [1.165, 1.54) is 5.56 Å². The molecule has 0 saturated carbocycles. The molecule has 3 heterocycles. The minimum atomic E-state index is 0.345. The summed E-state index contributed by atoms with van der Waals surface area (Å²) >= 11 is 0. The summed E-state index contributed by atoms with van der Waals surface area (Å²) in [5.74, 6) is 1.87. The maximum absolute atomic E-state index is 8.79. The summed E-state index contributed by atoms with van der Waals surface area (Å²) in [5.41, 5.74) is 2.13. The van der Waals surface area contributed by atoms with Crippen molar-refractivity contribution in [1.29, 1.82) is 0 Å². The van der Waals surface area contributed by atoms with Crippen molar-refractivity contribution in [3.05, 3.63) is 41.7 Å². The molecule has 1 aromatic carbocycles. The molecule has 0 fully saturated rings. The summed E-state index contributed by atoms with van der Waals surface area (Å²) in [6, 6.07) is 5.43. The predicted octanol–water partition coefficient (Wildman–Crippen LogP) is 2.80. The third-order valence-electron chi connectivity index (χ3n) is 4.10. The summed E-state index contributed by atoms with van der Waals surface area (Å²) in [5, 5.41) is 9.85. The van der Waals surface area contributed by atoms with Crippen molar-refractivity contribution in [3.63, 3.8) is 0 Å². The van der Waals surface area contributed by atoms with Crippen LogP contribution >= 0.6 is 0 Å². The van der Waals surface area contributed by atoms with Crippen LogP contribution in [0.4, 0.5) is 0 Å². The second-order valence-electron chi connectivity index (χ2n) is 5.24. The molecule has 98 valence electrons. The van der Waals surface area contributed by atoms with E-state index in [9.17, 15) is 0 Å². The van der Waals surface area contributed by atoms with E-state index in [0.717, 1.165) is 42.8 Å². The molecule has 19 heavy (non-hydrogen) atoms. The van der Waals surface area contributed by atoms with Gasteiger partial charge in [-0.05, 0) is 24.6 Å². The Labute approximate surface area is 110 Å². The van der Waals surface area contributed by atoms with Crippen molar-refractivity contribution in [2.24, 2.45) is 0 Å². The zero-order valence-electron chi connectivity index (χ0n) is 10.5. The van der Waals surface area contributed by atoms with Crippen LogP contribution in [0.1, 0.15) is 17.2 Å². The van der Waals surface area contributed by atoms with Gasteiger partial charge >= 0.3 is 0 Å². The molecular formula is C15H15NO3. The number of hydrogen-bond donors (Lipinski definition) is 1. The molecule has 0 spiro atoms. The highest BCUT2D eigenvalue weighted by Crippen LogP contribution is 2.37. The van der Waals surface area contributed by atoms with E-state index in [2.05, 4.69) is 21.9 Å². The SMILES string of the molecule is OOc1ccc2oc3c(c2c1)CCN1CC=CC3C1. The summed E-state index contributed by atoms with van der Waals surface area (Å²) in [4.78, 5) is 6.78. The third kappa shape index (κ3) is 1.68. The molecule has 2 aliphatic rings. The Morgan fingerprint density at radius 1 is 1.37 bits per heavy atom. The van der Waals surface area contributed by atoms with E-state index < -0.39 is 0 Å². The van der Waals surface area contributed by atoms with E-state index in [-0.39, 0.29) is 0 Å². The number of nitrogens with zero attached hydrogens (tertiary/aromatic N) is 1. The molecule has 4 nitrogen and oxygen atoms in total. The summed E-state index contributed by atoms with van der Waals surface area (Å²) in [6.45, 7) is 3.11. The first-order valence-electron chi connectivity index (χ1n) is 6.61. The van der Waals surface area contributed by atoms with Crippen LogP contribution in [0.25, 0.3) is 11.0 Å². The van der Waals surface area contributed by atoms with Crippen LogP contribution in [0, 0.1) is 0 Å². The average Bonchev–Trinajstić information content (AvgIpc) is 2.77. The van der Waals surface area contributed by atoms with Crippen LogP contribution in [0.2, 0.25) is 0 Å². The average molecular weight is 257 g/mol. The molecule has 0 radical (unpaired) electrons. The fraction of sp³-hybridized carbons (Fsp3) is 0.333. The lowest BCUT2D eigenvalue weighted by Gasteiger charge is -2.24. The Hall–Kier alpha value is -1.78. The van der Waals surface area contributed by atoms with Crippen LogP contribution in [-0.4, -0.2) is 29.8 Å². The lowest BCUT2D eigenvalue weighted by Crippen LogP contribution is -2.30. The second kappa shape index (κ2) is 4.11. The number of furan rings is 1. The minimum Gasteiger partial charge on any atom is -0.460 e. The minimum absolute atomic E-state index is 0.345. The maximum Gasteiger partial charge on any atom is 0.165 e. The third-order valence-corrected chi connectivity index (χ3v) is 4.10. The molecule has 0 saturated heterocycles. The number of rotatable bonds is 1. The molecule has 4 heteroatoms. The zero-order valence-corrected chi connectivity index (χ0v) is 10.5. The van der Waals surface area contributed by atoms with Crippen LogP contribution < -0.4 is 4.89 Å². The first kappa shape index (κ1) is 11.1. The number of hydrogen-bond acceptors (Lipinski definition) is 4. The van der Waals surface area contributed by atoms with Gasteiger partial charge in [-0.2, -0.15) is 0 Å². The normalized spacial score (nSPS) is 25.1. The molecule has 2 atom stereocenters. The molecular weight excluding hydrogens is 242 g/mol. The van der Waals surface area contributed by atoms with Gasteiger partial charge in [0.2, 0.25) is 0 Å². The van der Waals surface area contributed by atoms with Gasteiger partial charge in [0.25, 0.3) is 0 Å². The largest absolute Gasteiger partial charge is 0.460 e. The Balaban J connectivity index is 1.92. The Bertz CT molecular complexity index is 659. The quantitative estimate of drug-likeness (QED) is 0.485. The van der Waals surface area contributed by atoms with Crippen molar-refractivity contribution in [3.8, 4) is 5.75 Å². The molecule has 2 unspecified atom stereocenters. The molecule has 2 aliphatic heterocycles. The predicted molar refractivity (Wildman–Crippen MR) is 71.5 cm³/mol. The smallest absolute Gasteiger partial charge is 0.165 e. The molecule has 0 aliphatic carbocycles. The van der Waals surface area contributed by atoms with E-state index in [1.807, 2.05) is 12.1 Å². The molecule has 0 amide bonds. The van der Waals surface area contributed by atoms with E-state index >= 15 is 0 Å². The highest BCUT2D eigenvalue weighted by molar-refractivity contribution is 5.84. The molecule has 2 aromatic rings. The number of fused-ring (bicyclic) bond motifs is 6. The molecule has 4 rings (SSSR count). The van der Waals surface area contributed by atoms with Gasteiger partial charge in [-0.15, -0.1) is 0 Å². The van der Waals surface area contributed by atoms with E-state index in [0.29, 0.717) is 11.7 Å². The highest BCUT2D eigenvalue weighted by atomic mass is 17.1. The molecule has 2 bridgehead atoms. The molecule has 1 N–H and O–H groups in total. The standard InChI is InChI=1S/C15H15NO3/c17-19-11-3-4-14-13(8-11)12-5-7-16-6-1-2-10(9-16)15(12)18-14/h1-4,8,10,17H,5-7,9H2.